The zero-order valence-corrected chi connectivity index (χ0v) is 23.6. The number of hydrogen-bond donors (Lipinski definition) is 1. The predicted octanol–water partition coefficient (Wildman–Crippen LogP) is 3.43. The van der Waals surface area contributed by atoms with E-state index in [0.717, 1.165) is 0 Å². The molecule has 3 aliphatic rings. The molecule has 1 saturated heterocycles. The van der Waals surface area contributed by atoms with Gasteiger partial charge in [0.15, 0.2) is 5.78 Å². The molecule has 7 unspecified atom stereocenters. The zero-order valence-electron chi connectivity index (χ0n) is 23.6. The van der Waals surface area contributed by atoms with Gasteiger partial charge in [-0.3, -0.25) is 24.0 Å². The Labute approximate surface area is 227 Å². The summed E-state index contributed by atoms with van der Waals surface area (Å²) in [5.74, 6) is -4.00. The molecule has 39 heavy (non-hydrogen) atoms. The van der Waals surface area contributed by atoms with E-state index in [1.807, 2.05) is 6.92 Å². The van der Waals surface area contributed by atoms with Crippen LogP contribution in [0.2, 0.25) is 0 Å². The molecule has 0 radical (unpaired) electrons. The topological polar surface area (TPSA) is 146 Å². The van der Waals surface area contributed by atoms with Crippen LogP contribution in [0.25, 0.3) is 0 Å². The second-order valence-electron chi connectivity index (χ2n) is 12.5. The standard InChI is InChI=1S/C29H38O10/c1-16(30)38-21-13-22(32)39-25(2,3)19-12-20(31)28(6)18(27(19,21)5)8-10-26(4,24(34)17-9-11-37-15-17)29(28,35)14-23(33)36-7/h9,11,15,18-19,21,35H,8,10,12-14H2,1-7H3. The molecule has 2 heterocycles. The van der Waals surface area contributed by atoms with Gasteiger partial charge < -0.3 is 23.7 Å². The highest BCUT2D eigenvalue weighted by Crippen LogP contribution is 2.70. The Bertz CT molecular complexity index is 1200. The summed E-state index contributed by atoms with van der Waals surface area (Å²) in [5.41, 5.74) is -7.32. The molecule has 0 spiro atoms. The predicted molar refractivity (Wildman–Crippen MR) is 135 cm³/mol. The lowest BCUT2D eigenvalue weighted by Gasteiger charge is -2.67. The Morgan fingerprint density at radius 3 is 2.31 bits per heavy atom. The van der Waals surface area contributed by atoms with Crippen LogP contribution in [0.5, 0.6) is 0 Å². The minimum atomic E-state index is -2.18. The third-order valence-electron chi connectivity index (χ3n) is 10.4. The number of Topliss-reactive ketones (excluding diaryl/α,β-unsaturated/α-hetero) is 2. The maximum absolute atomic E-state index is 14.3. The van der Waals surface area contributed by atoms with Gasteiger partial charge in [-0.15, -0.1) is 0 Å². The van der Waals surface area contributed by atoms with Crippen molar-refractivity contribution in [1.29, 1.82) is 0 Å². The summed E-state index contributed by atoms with van der Waals surface area (Å²) in [6.07, 6.45) is 1.09. The number of methoxy groups -OCH3 is 1. The first kappa shape index (κ1) is 29.0. The SMILES string of the molecule is COC(=O)CC1(O)C(C)(C(=O)c2ccoc2)CCC2C3(C)C(OC(C)=O)CC(=O)OC(C)(C)C3CC(=O)C21C. The molecule has 0 amide bonds. The number of ether oxygens (including phenoxy) is 3. The Balaban J connectivity index is 1.97. The normalized spacial score (nSPS) is 39.4. The molecule has 10 heteroatoms. The summed E-state index contributed by atoms with van der Waals surface area (Å²) in [6.45, 7) is 9.74. The lowest BCUT2D eigenvalue weighted by atomic mass is 9.36. The fourth-order valence-corrected chi connectivity index (χ4v) is 8.27. The van der Waals surface area contributed by atoms with E-state index < -0.39 is 75.5 Å². The number of ketones is 2. The van der Waals surface area contributed by atoms with E-state index in [0.29, 0.717) is 0 Å². The van der Waals surface area contributed by atoms with Crippen molar-refractivity contribution in [3.63, 3.8) is 0 Å². The quantitative estimate of drug-likeness (QED) is 0.331. The number of fused-ring (bicyclic) bond motifs is 3. The third-order valence-corrected chi connectivity index (χ3v) is 10.4. The molecule has 1 aromatic rings. The van der Waals surface area contributed by atoms with Gasteiger partial charge in [-0.2, -0.15) is 0 Å². The van der Waals surface area contributed by atoms with Crippen molar-refractivity contribution in [2.24, 2.45) is 28.1 Å². The fourth-order valence-electron chi connectivity index (χ4n) is 8.27. The molecule has 10 nitrogen and oxygen atoms in total. The van der Waals surface area contributed by atoms with Gasteiger partial charge in [-0.05, 0) is 52.5 Å². The molecule has 1 aliphatic heterocycles. The van der Waals surface area contributed by atoms with Crippen LogP contribution in [0.4, 0.5) is 0 Å². The maximum atomic E-state index is 14.3. The molecule has 4 rings (SSSR count). The van der Waals surface area contributed by atoms with Gasteiger partial charge in [0, 0.05) is 24.7 Å². The molecule has 1 N–H and O–H groups in total. The number of furan rings is 1. The molecular formula is C29H38O10. The van der Waals surface area contributed by atoms with Crippen LogP contribution >= 0.6 is 0 Å². The van der Waals surface area contributed by atoms with E-state index in [-0.39, 0.29) is 37.0 Å². The summed E-state index contributed by atoms with van der Waals surface area (Å²) in [7, 11) is 1.18. The Hall–Kier alpha value is -3.01. The number of carbonyl (C=O) groups excluding carboxylic acids is 5. The van der Waals surface area contributed by atoms with E-state index in [1.54, 1.807) is 27.7 Å². The average Bonchev–Trinajstić information content (AvgIpc) is 3.36. The molecule has 2 saturated carbocycles. The van der Waals surface area contributed by atoms with Crippen molar-refractivity contribution in [1.82, 2.24) is 0 Å². The van der Waals surface area contributed by atoms with Crippen LogP contribution in [0.15, 0.2) is 23.0 Å². The largest absolute Gasteiger partial charge is 0.472 e. The number of cyclic esters (lactones) is 1. The van der Waals surface area contributed by atoms with Gasteiger partial charge in [0.25, 0.3) is 0 Å². The van der Waals surface area contributed by atoms with Crippen molar-refractivity contribution < 1.29 is 47.7 Å². The smallest absolute Gasteiger partial charge is 0.310 e. The first-order chi connectivity index (χ1) is 18.0. The monoisotopic (exact) mass is 546 g/mol. The average molecular weight is 547 g/mol. The Kier molecular flexibility index (Phi) is 6.90. The minimum absolute atomic E-state index is 0.113. The van der Waals surface area contributed by atoms with E-state index >= 15 is 0 Å². The summed E-state index contributed by atoms with van der Waals surface area (Å²) < 4.78 is 21.6. The van der Waals surface area contributed by atoms with Crippen molar-refractivity contribution in [3.8, 4) is 0 Å². The number of hydrogen-bond acceptors (Lipinski definition) is 10. The van der Waals surface area contributed by atoms with Crippen LogP contribution in [-0.4, -0.2) is 59.0 Å². The lowest BCUT2D eigenvalue weighted by Crippen LogP contribution is -2.75. The Morgan fingerprint density at radius 1 is 1.08 bits per heavy atom. The second-order valence-corrected chi connectivity index (χ2v) is 12.5. The summed E-state index contributed by atoms with van der Waals surface area (Å²) in [5, 5.41) is 12.7. The van der Waals surface area contributed by atoms with E-state index in [9.17, 15) is 29.1 Å². The van der Waals surface area contributed by atoms with Gasteiger partial charge in [-0.25, -0.2) is 0 Å². The van der Waals surface area contributed by atoms with Gasteiger partial charge in [0.05, 0.1) is 42.6 Å². The number of aliphatic hydroxyl groups is 1. The van der Waals surface area contributed by atoms with E-state index in [2.05, 4.69) is 0 Å². The summed E-state index contributed by atoms with van der Waals surface area (Å²) in [6, 6.07) is 1.48. The van der Waals surface area contributed by atoms with Gasteiger partial charge in [0.1, 0.15) is 29.4 Å². The van der Waals surface area contributed by atoms with Crippen molar-refractivity contribution in [2.75, 3.05) is 7.11 Å². The highest BCUT2D eigenvalue weighted by molar-refractivity contribution is 6.03. The molecule has 7 atom stereocenters. The molecule has 3 fully saturated rings. The van der Waals surface area contributed by atoms with Crippen molar-refractivity contribution in [2.45, 2.75) is 91.0 Å². The maximum Gasteiger partial charge on any atom is 0.310 e. The van der Waals surface area contributed by atoms with Gasteiger partial charge in [0.2, 0.25) is 0 Å². The molecule has 0 aromatic carbocycles. The first-order valence-corrected chi connectivity index (χ1v) is 13.3. The summed E-state index contributed by atoms with van der Waals surface area (Å²) in [4.78, 5) is 66.2. The van der Waals surface area contributed by atoms with Crippen LogP contribution in [-0.2, 0) is 33.4 Å². The minimum Gasteiger partial charge on any atom is -0.472 e. The highest BCUT2D eigenvalue weighted by atomic mass is 16.6. The van der Waals surface area contributed by atoms with Gasteiger partial charge in [-0.1, -0.05) is 6.92 Å². The molecule has 1 aromatic heterocycles. The molecule has 0 bridgehead atoms. The van der Waals surface area contributed by atoms with Crippen LogP contribution < -0.4 is 0 Å². The lowest BCUT2D eigenvalue weighted by molar-refractivity contribution is -0.255. The molecular weight excluding hydrogens is 508 g/mol. The summed E-state index contributed by atoms with van der Waals surface area (Å²) >= 11 is 0. The third kappa shape index (κ3) is 3.97. The number of rotatable bonds is 5. The fraction of sp³-hybridized carbons (Fsp3) is 0.690. The highest BCUT2D eigenvalue weighted by Gasteiger charge is 2.77. The first-order valence-electron chi connectivity index (χ1n) is 13.3. The zero-order chi connectivity index (χ0) is 29.2. The van der Waals surface area contributed by atoms with Crippen LogP contribution in [0.3, 0.4) is 0 Å². The number of carbonyl (C=O) groups is 5. The molecule has 2 aliphatic carbocycles. The van der Waals surface area contributed by atoms with Crippen molar-refractivity contribution >= 4 is 29.5 Å². The second kappa shape index (κ2) is 9.28. The van der Waals surface area contributed by atoms with Gasteiger partial charge >= 0.3 is 17.9 Å². The number of esters is 3. The van der Waals surface area contributed by atoms with E-state index in [1.165, 1.54) is 32.6 Å². The van der Waals surface area contributed by atoms with Crippen LogP contribution in [0.1, 0.15) is 84.0 Å². The molecule has 214 valence electrons. The van der Waals surface area contributed by atoms with E-state index in [4.69, 9.17) is 18.6 Å². The Morgan fingerprint density at radius 2 is 1.74 bits per heavy atom. The van der Waals surface area contributed by atoms with Crippen molar-refractivity contribution in [3.05, 3.63) is 24.2 Å². The van der Waals surface area contributed by atoms with Crippen LogP contribution in [0, 0.1) is 28.1 Å².